The zero-order chi connectivity index (χ0) is 15.2. The van der Waals surface area contributed by atoms with Gasteiger partial charge in [0.05, 0.1) is 12.3 Å². The van der Waals surface area contributed by atoms with Crippen molar-refractivity contribution >= 4 is 5.95 Å². The Bertz CT molecular complexity index is 426. The van der Waals surface area contributed by atoms with E-state index in [0.717, 1.165) is 18.2 Å². The van der Waals surface area contributed by atoms with Gasteiger partial charge in [0.15, 0.2) is 0 Å². The number of anilines is 1. The molecule has 1 saturated heterocycles. The number of likely N-dealkylation sites (tertiary alicyclic amines) is 1. The minimum Gasteiger partial charge on any atom is -0.383 e. The Labute approximate surface area is 128 Å². The number of aromatic nitrogens is 2. The molecule has 2 atom stereocenters. The maximum absolute atomic E-state index is 5.20. The van der Waals surface area contributed by atoms with Crippen molar-refractivity contribution in [3.8, 4) is 0 Å². The van der Waals surface area contributed by atoms with Gasteiger partial charge in [-0.1, -0.05) is 6.42 Å². The minimum atomic E-state index is 0.262. The molecule has 1 aromatic rings. The molecule has 5 nitrogen and oxygen atoms in total. The van der Waals surface area contributed by atoms with Crippen molar-refractivity contribution in [2.24, 2.45) is 0 Å². The lowest BCUT2D eigenvalue weighted by molar-refractivity contribution is 0.189. The Kier molecular flexibility index (Phi) is 6.06. The van der Waals surface area contributed by atoms with Crippen LogP contribution < -0.4 is 5.32 Å². The zero-order valence-electron chi connectivity index (χ0n) is 13.9. The van der Waals surface area contributed by atoms with Crippen LogP contribution in [0.3, 0.4) is 0 Å². The van der Waals surface area contributed by atoms with E-state index in [1.165, 1.54) is 32.4 Å². The van der Waals surface area contributed by atoms with Crippen molar-refractivity contribution in [2.45, 2.75) is 52.1 Å². The van der Waals surface area contributed by atoms with E-state index < -0.39 is 0 Å². The highest BCUT2D eigenvalue weighted by atomic mass is 16.5. The maximum atomic E-state index is 5.20. The molecule has 2 unspecified atom stereocenters. The molecule has 2 rings (SSSR count). The molecule has 0 saturated carbocycles. The fraction of sp³-hybridized carbons (Fsp3) is 0.812. The van der Waals surface area contributed by atoms with Crippen LogP contribution in [0, 0.1) is 6.92 Å². The number of aryl methyl sites for hydroxylation is 1. The smallest absolute Gasteiger partial charge is 0.203 e. The standard InChI is InChI=1S/C16H30N4O/c1-13-10-20(16(17-13)18-14(2)12-21-4)15(3)11-19-8-6-5-7-9-19/h10,14-15H,5-9,11-12H2,1-4H3,(H,17,18). The number of methoxy groups -OCH3 is 1. The lowest BCUT2D eigenvalue weighted by atomic mass is 10.1. The van der Waals surface area contributed by atoms with Crippen molar-refractivity contribution < 1.29 is 4.74 Å². The second kappa shape index (κ2) is 7.80. The topological polar surface area (TPSA) is 42.3 Å². The van der Waals surface area contributed by atoms with Crippen LogP contribution in [0.5, 0.6) is 0 Å². The Morgan fingerprint density at radius 1 is 1.29 bits per heavy atom. The first-order valence-electron chi connectivity index (χ1n) is 8.13. The molecular formula is C16H30N4O. The normalized spacial score (nSPS) is 19.4. The first kappa shape index (κ1) is 16.3. The molecule has 0 radical (unpaired) electrons. The van der Waals surface area contributed by atoms with Crippen molar-refractivity contribution in [3.05, 3.63) is 11.9 Å². The lowest BCUT2D eigenvalue weighted by Crippen LogP contribution is -2.34. The number of hydrogen-bond acceptors (Lipinski definition) is 4. The summed E-state index contributed by atoms with van der Waals surface area (Å²) < 4.78 is 7.47. The van der Waals surface area contributed by atoms with Gasteiger partial charge < -0.3 is 19.5 Å². The van der Waals surface area contributed by atoms with E-state index in [0.29, 0.717) is 12.6 Å². The Morgan fingerprint density at radius 3 is 2.67 bits per heavy atom. The van der Waals surface area contributed by atoms with E-state index in [9.17, 15) is 0 Å². The van der Waals surface area contributed by atoms with Gasteiger partial charge in [-0.25, -0.2) is 4.98 Å². The third-order valence-corrected chi connectivity index (χ3v) is 4.09. The third kappa shape index (κ3) is 4.71. The SMILES string of the molecule is COCC(C)Nc1nc(C)cn1C(C)CN1CCCCC1. The van der Waals surface area contributed by atoms with Gasteiger partial charge in [-0.15, -0.1) is 0 Å². The summed E-state index contributed by atoms with van der Waals surface area (Å²) in [7, 11) is 1.73. The van der Waals surface area contributed by atoms with Gasteiger partial charge >= 0.3 is 0 Å². The van der Waals surface area contributed by atoms with E-state index in [1.807, 2.05) is 0 Å². The number of imidazole rings is 1. The summed E-state index contributed by atoms with van der Waals surface area (Å²) in [6.45, 7) is 10.7. The molecule has 2 heterocycles. The molecular weight excluding hydrogens is 264 g/mol. The van der Waals surface area contributed by atoms with Crippen LogP contribution in [0.2, 0.25) is 0 Å². The summed E-state index contributed by atoms with van der Waals surface area (Å²) in [5.41, 5.74) is 1.06. The number of nitrogens with zero attached hydrogens (tertiary/aromatic N) is 3. The van der Waals surface area contributed by atoms with Crippen LogP contribution in [0.15, 0.2) is 6.20 Å². The molecule has 1 aliphatic rings. The molecule has 0 aliphatic carbocycles. The van der Waals surface area contributed by atoms with Gasteiger partial charge in [-0.2, -0.15) is 0 Å². The predicted molar refractivity (Wildman–Crippen MR) is 86.9 cm³/mol. The van der Waals surface area contributed by atoms with E-state index >= 15 is 0 Å². The van der Waals surface area contributed by atoms with Crippen molar-refractivity contribution in [1.82, 2.24) is 14.5 Å². The van der Waals surface area contributed by atoms with E-state index in [1.54, 1.807) is 7.11 Å². The molecule has 1 N–H and O–H groups in total. The van der Waals surface area contributed by atoms with Gasteiger partial charge in [-0.3, -0.25) is 0 Å². The van der Waals surface area contributed by atoms with E-state index in [4.69, 9.17) is 4.74 Å². The van der Waals surface area contributed by atoms with Crippen LogP contribution in [0.1, 0.15) is 44.8 Å². The number of nitrogens with one attached hydrogen (secondary N) is 1. The summed E-state index contributed by atoms with van der Waals surface area (Å²) in [5, 5.41) is 3.46. The van der Waals surface area contributed by atoms with Crippen molar-refractivity contribution in [2.75, 3.05) is 38.7 Å². The fourth-order valence-electron chi connectivity index (χ4n) is 3.07. The van der Waals surface area contributed by atoms with Crippen LogP contribution in [0.4, 0.5) is 5.95 Å². The van der Waals surface area contributed by atoms with Gasteiger partial charge in [0, 0.05) is 31.9 Å². The quantitative estimate of drug-likeness (QED) is 0.839. The molecule has 1 aromatic heterocycles. The average Bonchev–Trinajstić information content (AvgIpc) is 2.81. The second-order valence-electron chi connectivity index (χ2n) is 6.32. The van der Waals surface area contributed by atoms with Crippen LogP contribution in [0.25, 0.3) is 0 Å². The molecule has 0 amide bonds. The highest BCUT2D eigenvalue weighted by Crippen LogP contribution is 2.19. The molecule has 1 aliphatic heterocycles. The van der Waals surface area contributed by atoms with E-state index in [2.05, 4.69) is 46.7 Å². The van der Waals surface area contributed by atoms with Gasteiger partial charge in [0.2, 0.25) is 5.95 Å². The lowest BCUT2D eigenvalue weighted by Gasteiger charge is -2.30. The molecule has 21 heavy (non-hydrogen) atoms. The molecule has 0 bridgehead atoms. The summed E-state index contributed by atoms with van der Waals surface area (Å²) in [6, 6.07) is 0.694. The molecule has 0 spiro atoms. The Hall–Kier alpha value is -1.07. The number of hydrogen-bond donors (Lipinski definition) is 1. The molecule has 120 valence electrons. The zero-order valence-corrected chi connectivity index (χ0v) is 13.9. The number of piperidine rings is 1. The number of rotatable bonds is 7. The molecule has 1 fully saturated rings. The van der Waals surface area contributed by atoms with Crippen molar-refractivity contribution in [1.29, 1.82) is 0 Å². The predicted octanol–water partition coefficient (Wildman–Crippen LogP) is 2.69. The Morgan fingerprint density at radius 2 is 2.00 bits per heavy atom. The summed E-state index contributed by atoms with van der Waals surface area (Å²) >= 11 is 0. The fourth-order valence-corrected chi connectivity index (χ4v) is 3.07. The highest BCUT2D eigenvalue weighted by Gasteiger charge is 2.18. The van der Waals surface area contributed by atoms with Crippen LogP contribution >= 0.6 is 0 Å². The highest BCUT2D eigenvalue weighted by molar-refractivity contribution is 5.30. The second-order valence-corrected chi connectivity index (χ2v) is 6.32. The maximum Gasteiger partial charge on any atom is 0.203 e. The first-order valence-corrected chi connectivity index (χ1v) is 8.13. The van der Waals surface area contributed by atoms with Gasteiger partial charge in [0.25, 0.3) is 0 Å². The van der Waals surface area contributed by atoms with Crippen LogP contribution in [-0.4, -0.2) is 53.8 Å². The first-order chi connectivity index (χ1) is 10.1. The average molecular weight is 294 g/mol. The van der Waals surface area contributed by atoms with Crippen LogP contribution in [-0.2, 0) is 4.74 Å². The summed E-state index contributed by atoms with van der Waals surface area (Å²) in [4.78, 5) is 7.20. The van der Waals surface area contributed by atoms with Gasteiger partial charge in [-0.05, 0) is 46.7 Å². The largest absolute Gasteiger partial charge is 0.383 e. The third-order valence-electron chi connectivity index (χ3n) is 4.09. The molecule has 5 heteroatoms. The summed E-state index contributed by atoms with van der Waals surface area (Å²) in [6.07, 6.45) is 6.21. The van der Waals surface area contributed by atoms with E-state index in [-0.39, 0.29) is 6.04 Å². The molecule has 0 aromatic carbocycles. The summed E-state index contributed by atoms with van der Waals surface area (Å²) in [5.74, 6) is 0.960. The monoisotopic (exact) mass is 294 g/mol. The van der Waals surface area contributed by atoms with Gasteiger partial charge in [0.1, 0.15) is 0 Å². The van der Waals surface area contributed by atoms with Crippen molar-refractivity contribution in [3.63, 3.8) is 0 Å². The Balaban J connectivity index is 2.00. The minimum absolute atomic E-state index is 0.262. The number of ether oxygens (including phenoxy) is 1.